The summed E-state index contributed by atoms with van der Waals surface area (Å²) in [7, 11) is -19.5. The number of hydrogen-bond acceptors (Lipinski definition) is 34. The van der Waals surface area contributed by atoms with Gasteiger partial charge in [-0.25, -0.2) is 33.1 Å². The third-order valence-electron chi connectivity index (χ3n) is 12.3. The summed E-state index contributed by atoms with van der Waals surface area (Å²) in [6.07, 6.45) is -15.4. The number of anilines is 3. The van der Waals surface area contributed by atoms with Crippen LogP contribution in [0.3, 0.4) is 0 Å². The van der Waals surface area contributed by atoms with Crippen molar-refractivity contribution in [2.24, 2.45) is 7.05 Å². The molecule has 3 aliphatic heterocycles. The molecule has 0 radical (unpaired) electrons. The molecule has 0 amide bonds. The van der Waals surface area contributed by atoms with Crippen LogP contribution in [0.4, 0.5) is 17.7 Å². The Morgan fingerprint density at radius 1 is 0.713 bits per heavy atom. The molecule has 40 nitrogen and oxygen atoms in total. The van der Waals surface area contributed by atoms with Crippen molar-refractivity contribution in [1.82, 2.24) is 53.6 Å². The number of aromatic amines is 2. The van der Waals surface area contributed by atoms with Crippen molar-refractivity contribution in [2.75, 3.05) is 71.1 Å². The number of aliphatic hydroxyl groups excluding tert-OH is 3. The largest absolute Gasteiger partial charge is 0.756 e. The predicted molar refractivity (Wildman–Crippen MR) is 251 cm³/mol. The molecule has 16 atom stereocenters. The van der Waals surface area contributed by atoms with Gasteiger partial charge in [0.2, 0.25) is 17.7 Å². The second-order valence-corrected chi connectivity index (χ2v) is 23.3. The number of ether oxygens (including phenoxy) is 6. The number of aliphatic hydroxyl groups is 3. The number of phosphoric acid groups is 4. The van der Waals surface area contributed by atoms with Gasteiger partial charge in [-0.3, -0.25) is 51.5 Å². The first-order valence-electron chi connectivity index (χ1n) is 23.0. The van der Waals surface area contributed by atoms with Gasteiger partial charge in [-0.05, 0) is 0 Å². The molecule has 6 aromatic rings. The first kappa shape index (κ1) is 59.4. The summed E-state index contributed by atoms with van der Waals surface area (Å²) >= 11 is 0. The Morgan fingerprint density at radius 3 is 1.98 bits per heavy atom. The molecule has 9 heterocycles. The lowest BCUT2D eigenvalue weighted by molar-refractivity contribution is -0.745. The van der Waals surface area contributed by atoms with E-state index < -0.39 is 136 Å². The van der Waals surface area contributed by atoms with E-state index in [2.05, 4.69) is 53.8 Å². The van der Waals surface area contributed by atoms with Crippen molar-refractivity contribution in [3.05, 3.63) is 46.0 Å². The minimum Gasteiger partial charge on any atom is -0.756 e. The number of H-pyrrole nitrogens is 2. The van der Waals surface area contributed by atoms with E-state index in [1.54, 1.807) is 0 Å². The zero-order chi connectivity index (χ0) is 57.8. The fourth-order valence-corrected chi connectivity index (χ4v) is 13.2. The van der Waals surface area contributed by atoms with Gasteiger partial charge < -0.3 is 98.2 Å². The highest BCUT2D eigenvalue weighted by molar-refractivity contribution is 7.65. The highest BCUT2D eigenvalue weighted by atomic mass is 31.3. The van der Waals surface area contributed by atoms with Crippen molar-refractivity contribution in [1.29, 1.82) is 0 Å². The molecule has 44 heteroatoms. The summed E-state index contributed by atoms with van der Waals surface area (Å²) in [6, 6.07) is 0. The number of imidazole rings is 3. The van der Waals surface area contributed by atoms with Gasteiger partial charge in [-0.2, -0.15) is 4.98 Å². The molecule has 3 aliphatic rings. The zero-order valence-corrected chi connectivity index (χ0v) is 45.1. The maximum atomic E-state index is 13.6. The zero-order valence-electron chi connectivity index (χ0n) is 41.5. The van der Waals surface area contributed by atoms with Gasteiger partial charge in [0.25, 0.3) is 48.4 Å². The van der Waals surface area contributed by atoms with E-state index in [4.69, 9.17) is 58.0 Å². The minimum atomic E-state index is -6.59. The van der Waals surface area contributed by atoms with E-state index in [0.29, 0.717) is 0 Å². The van der Waals surface area contributed by atoms with Crippen LogP contribution in [0.15, 0.2) is 34.9 Å². The smallest absolute Gasteiger partial charge is 0.313 e. The Morgan fingerprint density at radius 2 is 1.31 bits per heavy atom. The minimum absolute atomic E-state index is 0.0118. The second kappa shape index (κ2) is 23.2. The van der Waals surface area contributed by atoms with Gasteiger partial charge >= 0.3 is 5.65 Å². The lowest BCUT2D eigenvalue weighted by atomic mass is 10.1. The van der Waals surface area contributed by atoms with Crippen molar-refractivity contribution in [3.63, 3.8) is 0 Å². The van der Waals surface area contributed by atoms with E-state index in [9.17, 15) is 62.7 Å². The molecule has 0 spiro atoms. The fourth-order valence-electron chi connectivity index (χ4n) is 8.88. The third-order valence-corrected chi connectivity index (χ3v) is 17.4. The van der Waals surface area contributed by atoms with E-state index in [-0.39, 0.29) is 64.4 Å². The average molecular weight is 1210 g/mol. The number of nitrogens with zero attached hydrogens (tertiary/aromatic N) is 10. The normalized spacial score (nSPS) is 29.3. The quantitative estimate of drug-likeness (QED) is 0.0159. The van der Waals surface area contributed by atoms with Crippen LogP contribution in [-0.2, 0) is 80.4 Å². The average Bonchev–Trinajstić information content (AvgIpc) is 4.29. The maximum Gasteiger partial charge on any atom is 0.313 e. The van der Waals surface area contributed by atoms with E-state index >= 15 is 0 Å². The summed E-state index contributed by atoms with van der Waals surface area (Å²) < 4.78 is 119. The summed E-state index contributed by atoms with van der Waals surface area (Å²) in [5.74, 6) is -0.409. The van der Waals surface area contributed by atoms with Crippen molar-refractivity contribution < 1.29 is 113 Å². The van der Waals surface area contributed by atoms with E-state index in [0.717, 1.165) is 24.3 Å². The van der Waals surface area contributed by atoms with Crippen LogP contribution >= 0.6 is 31.3 Å². The number of hydrogen-bond donors (Lipinski definition) is 8. The molecule has 0 aromatic carbocycles. The number of nitrogens with two attached hydrogens (primary N) is 2. The number of methoxy groups -OCH3 is 2. The van der Waals surface area contributed by atoms with E-state index in [1.165, 1.54) is 47.6 Å². The van der Waals surface area contributed by atoms with E-state index in [1.807, 2.05) is 0 Å². The number of phosphoric ester groups is 3. The SMILES string of the molecule is CNc1ncnc2c1ncn2[C@@H]1O[C@H](COP(=O)([O-])OP(=O)([O-])OP(=O)([O-])OC[C@H]2O[C@@H]([n+]3cn(C)c4c(=O)[nH]c(N)nc43)[C@@H](O)C2OCCOC)[C@H](OP(=O)([O-])OC[C@H]2O[C@@H](n3cnc4c(=O)[nH]c(N)nc43)C(O)[C@H]2O)C1OC. The molecule has 0 bridgehead atoms. The highest BCUT2D eigenvalue weighted by Crippen LogP contribution is 2.63. The lowest BCUT2D eigenvalue weighted by Gasteiger charge is -2.35. The highest BCUT2D eigenvalue weighted by Gasteiger charge is 2.52. The van der Waals surface area contributed by atoms with Gasteiger partial charge in [0, 0.05) is 21.3 Å². The fraction of sp³-hybridized carbons (Fsp3) is 0.583. The number of aromatic nitrogens is 12. The van der Waals surface area contributed by atoms with Crippen molar-refractivity contribution in [2.45, 2.75) is 73.6 Å². The molecule has 7 unspecified atom stereocenters. The first-order valence-corrected chi connectivity index (χ1v) is 28.9. The molecule has 0 saturated carbocycles. The van der Waals surface area contributed by atoms with Crippen LogP contribution in [-0.4, -0.2) is 178 Å². The monoisotopic (exact) mass is 1210 g/mol. The van der Waals surface area contributed by atoms with Crippen LogP contribution in [0.2, 0.25) is 0 Å². The standard InChI is InChI=1S/C36H51N15O25P4/c1-39-26-17-27(41-10-40-26)49(11-42-17)34-25(66-4)24(74-77(57,58)68-7-14-20(52)21(53)32(71-14)50-12-43-18-28(50)44-35(37)46-30(18)55)16(73-34)9-70-79(61,62)76-80(63,64)75-78(59,60)69-8-15-23(67-6-5-65-3)22(54)33(72-15)51-13-48(2)19-29(51)45-36(38)47-31(19)56/h10-16,20-25,32-34,52-54H,5-9H2,1-4H3,(H10-,37,38,39,40,41,44,45,46,47,55,56,57,58,59,60,61,62,63,64)/p-3/t14-,15-,16-,20+,21?,22+,23?,24+,25?,32-,33-,34-/m1/s1. The van der Waals surface area contributed by atoms with Crippen LogP contribution < -0.4 is 52.0 Å². The van der Waals surface area contributed by atoms with Crippen LogP contribution in [0.25, 0.3) is 33.5 Å². The summed E-state index contributed by atoms with van der Waals surface area (Å²) in [5.41, 5.74) is 9.72. The van der Waals surface area contributed by atoms with Crippen molar-refractivity contribution >= 4 is 82.5 Å². The Balaban J connectivity index is 0.878. The Kier molecular flexibility index (Phi) is 17.3. The molecule has 440 valence electrons. The number of nitrogen functional groups attached to an aromatic ring is 2. The lowest BCUT2D eigenvalue weighted by Crippen LogP contribution is -2.46. The topological polar surface area (TPSA) is 558 Å². The molecule has 80 heavy (non-hydrogen) atoms. The van der Waals surface area contributed by atoms with Gasteiger partial charge in [0.05, 0.1) is 52.7 Å². The number of rotatable bonds is 24. The van der Waals surface area contributed by atoms with Crippen LogP contribution in [0.1, 0.15) is 18.7 Å². The van der Waals surface area contributed by atoms with Crippen LogP contribution in [0, 0.1) is 0 Å². The van der Waals surface area contributed by atoms with Gasteiger partial charge in [-0.1, -0.05) is 4.98 Å². The maximum absolute atomic E-state index is 13.6. The molecule has 10 N–H and O–H groups in total. The molecule has 3 saturated heterocycles. The molecule has 0 aliphatic carbocycles. The van der Waals surface area contributed by atoms with Gasteiger partial charge in [0.1, 0.15) is 66.8 Å². The first-order chi connectivity index (χ1) is 37.7. The summed E-state index contributed by atoms with van der Waals surface area (Å²) in [5, 5.41) is 35.9. The Hall–Kier alpha value is -5.19. The Bertz CT molecular complexity index is 3570. The molecular weight excluding hydrogens is 1170 g/mol. The van der Waals surface area contributed by atoms with Gasteiger partial charge in [-0.15, -0.1) is 0 Å². The van der Waals surface area contributed by atoms with Crippen LogP contribution in [0.5, 0.6) is 0 Å². The number of fused-ring (bicyclic) bond motifs is 3. The number of nitrogens with one attached hydrogen (secondary N) is 3. The molecule has 9 rings (SSSR count). The molecule has 3 fully saturated rings. The summed E-state index contributed by atoms with van der Waals surface area (Å²) in [6.45, 7) is -3.83. The van der Waals surface area contributed by atoms with Crippen molar-refractivity contribution in [3.8, 4) is 0 Å². The molecular formula is C36H48N15O25P4-3. The third kappa shape index (κ3) is 12.3. The summed E-state index contributed by atoms with van der Waals surface area (Å²) in [4.78, 5) is 107. The van der Waals surface area contributed by atoms with Gasteiger partial charge in [0.15, 0.2) is 41.4 Å². The number of aryl methyl sites for hydroxylation is 1. The second-order valence-electron chi connectivity index (χ2n) is 17.4. The predicted octanol–water partition coefficient (Wildman–Crippen LogP) is -6.11. The molecule has 6 aromatic heterocycles. The Labute approximate surface area is 445 Å².